The Morgan fingerprint density at radius 2 is 1.70 bits per heavy atom. The van der Waals surface area contributed by atoms with Crippen molar-refractivity contribution in [3.05, 3.63) is 70.0 Å². The number of rotatable bonds is 7. The van der Waals surface area contributed by atoms with Crippen LogP contribution in [0.15, 0.2) is 53.3 Å². The Morgan fingerprint density at radius 1 is 1.00 bits per heavy atom. The van der Waals surface area contributed by atoms with E-state index in [1.54, 1.807) is 20.3 Å². The Labute approximate surface area is 157 Å². The second-order valence-corrected chi connectivity index (χ2v) is 6.20. The number of aromatic nitrogens is 1. The van der Waals surface area contributed by atoms with Gasteiger partial charge >= 0.3 is 0 Å². The number of nitrogens with one attached hydrogen (secondary N) is 2. The zero-order chi connectivity index (χ0) is 19.2. The SMILES string of the molecule is COc1ccc(CNC(=O)CCc2cc3ccc(OC)cc3[nH]c2=O)cc1. The summed E-state index contributed by atoms with van der Waals surface area (Å²) in [5.41, 5.74) is 2.11. The van der Waals surface area contributed by atoms with E-state index in [0.29, 0.717) is 29.8 Å². The van der Waals surface area contributed by atoms with E-state index in [0.717, 1.165) is 16.7 Å². The minimum atomic E-state index is -0.182. The monoisotopic (exact) mass is 366 g/mol. The topological polar surface area (TPSA) is 80.4 Å². The van der Waals surface area contributed by atoms with Gasteiger partial charge in [0.25, 0.3) is 5.56 Å². The van der Waals surface area contributed by atoms with E-state index in [1.807, 2.05) is 42.5 Å². The van der Waals surface area contributed by atoms with E-state index in [-0.39, 0.29) is 17.9 Å². The molecule has 0 aliphatic rings. The highest BCUT2D eigenvalue weighted by Crippen LogP contribution is 2.18. The molecule has 0 saturated heterocycles. The summed E-state index contributed by atoms with van der Waals surface area (Å²) in [5, 5.41) is 3.78. The fourth-order valence-corrected chi connectivity index (χ4v) is 2.82. The Bertz CT molecular complexity index is 993. The number of carbonyl (C=O) groups excluding carboxylic acids is 1. The van der Waals surface area contributed by atoms with Gasteiger partial charge in [-0.05, 0) is 47.7 Å². The number of H-pyrrole nitrogens is 1. The molecule has 0 saturated carbocycles. The van der Waals surface area contributed by atoms with Crippen LogP contribution in [0.3, 0.4) is 0 Å². The van der Waals surface area contributed by atoms with E-state index in [4.69, 9.17) is 9.47 Å². The molecule has 2 aromatic carbocycles. The molecule has 6 heteroatoms. The molecule has 6 nitrogen and oxygen atoms in total. The zero-order valence-electron chi connectivity index (χ0n) is 15.4. The Morgan fingerprint density at radius 3 is 2.41 bits per heavy atom. The molecule has 1 amide bonds. The lowest BCUT2D eigenvalue weighted by Gasteiger charge is -2.07. The lowest BCUT2D eigenvalue weighted by atomic mass is 10.1. The number of aromatic amines is 1. The number of aryl methyl sites for hydroxylation is 1. The summed E-state index contributed by atoms with van der Waals surface area (Å²) in [7, 11) is 3.19. The summed E-state index contributed by atoms with van der Waals surface area (Å²) in [4.78, 5) is 27.2. The molecule has 0 radical (unpaired) electrons. The average molecular weight is 366 g/mol. The molecule has 0 aliphatic carbocycles. The first-order chi connectivity index (χ1) is 13.1. The van der Waals surface area contributed by atoms with Crippen molar-refractivity contribution in [2.24, 2.45) is 0 Å². The van der Waals surface area contributed by atoms with Gasteiger partial charge in [-0.2, -0.15) is 0 Å². The predicted octanol–water partition coefficient (Wildman–Crippen LogP) is 2.79. The minimum absolute atomic E-state index is 0.0972. The van der Waals surface area contributed by atoms with Crippen molar-refractivity contribution in [3.63, 3.8) is 0 Å². The lowest BCUT2D eigenvalue weighted by molar-refractivity contribution is -0.121. The molecular formula is C21H22N2O4. The lowest BCUT2D eigenvalue weighted by Crippen LogP contribution is -2.24. The maximum Gasteiger partial charge on any atom is 0.251 e. The third-order valence-corrected chi connectivity index (χ3v) is 4.40. The van der Waals surface area contributed by atoms with Crippen molar-refractivity contribution in [2.45, 2.75) is 19.4 Å². The molecular weight excluding hydrogens is 344 g/mol. The van der Waals surface area contributed by atoms with Crippen molar-refractivity contribution in [3.8, 4) is 11.5 Å². The summed E-state index contributed by atoms with van der Waals surface area (Å²) in [6.07, 6.45) is 0.632. The minimum Gasteiger partial charge on any atom is -0.497 e. The third kappa shape index (κ3) is 4.67. The van der Waals surface area contributed by atoms with Crippen LogP contribution in [0.2, 0.25) is 0 Å². The van der Waals surface area contributed by atoms with Crippen LogP contribution in [-0.4, -0.2) is 25.1 Å². The largest absolute Gasteiger partial charge is 0.497 e. The number of hydrogen-bond acceptors (Lipinski definition) is 4. The van der Waals surface area contributed by atoms with Crippen LogP contribution in [0.4, 0.5) is 0 Å². The van der Waals surface area contributed by atoms with Crippen LogP contribution in [0, 0.1) is 0 Å². The molecule has 27 heavy (non-hydrogen) atoms. The van der Waals surface area contributed by atoms with Gasteiger partial charge in [0, 0.05) is 24.6 Å². The maximum absolute atomic E-state index is 12.2. The highest BCUT2D eigenvalue weighted by Gasteiger charge is 2.08. The normalized spacial score (nSPS) is 10.6. The summed E-state index contributed by atoms with van der Waals surface area (Å²) >= 11 is 0. The molecule has 0 aliphatic heterocycles. The number of pyridine rings is 1. The van der Waals surface area contributed by atoms with Crippen LogP contribution in [-0.2, 0) is 17.8 Å². The van der Waals surface area contributed by atoms with Crippen molar-refractivity contribution >= 4 is 16.8 Å². The van der Waals surface area contributed by atoms with Crippen LogP contribution in [0.5, 0.6) is 11.5 Å². The molecule has 140 valence electrons. The van der Waals surface area contributed by atoms with E-state index in [9.17, 15) is 9.59 Å². The Hall–Kier alpha value is -3.28. The summed E-state index contributed by atoms with van der Waals surface area (Å²) < 4.78 is 10.3. The number of ether oxygens (including phenoxy) is 2. The van der Waals surface area contributed by atoms with E-state index < -0.39 is 0 Å². The fraction of sp³-hybridized carbons (Fsp3) is 0.238. The number of carbonyl (C=O) groups is 1. The van der Waals surface area contributed by atoms with Crippen molar-refractivity contribution in [1.29, 1.82) is 0 Å². The number of benzene rings is 2. The second kappa shape index (κ2) is 8.40. The van der Waals surface area contributed by atoms with E-state index >= 15 is 0 Å². The van der Waals surface area contributed by atoms with Gasteiger partial charge < -0.3 is 19.8 Å². The van der Waals surface area contributed by atoms with E-state index in [1.165, 1.54) is 0 Å². The van der Waals surface area contributed by atoms with Gasteiger partial charge in [0.2, 0.25) is 5.91 Å². The molecule has 0 fully saturated rings. The molecule has 0 atom stereocenters. The highest BCUT2D eigenvalue weighted by atomic mass is 16.5. The van der Waals surface area contributed by atoms with Gasteiger partial charge in [0.15, 0.2) is 0 Å². The number of fused-ring (bicyclic) bond motifs is 1. The molecule has 3 rings (SSSR count). The third-order valence-electron chi connectivity index (χ3n) is 4.40. The highest BCUT2D eigenvalue weighted by molar-refractivity contribution is 5.81. The van der Waals surface area contributed by atoms with Crippen molar-refractivity contribution < 1.29 is 14.3 Å². The van der Waals surface area contributed by atoms with Gasteiger partial charge in [0.1, 0.15) is 11.5 Å². The summed E-state index contributed by atoms with van der Waals surface area (Å²) in [6, 6.07) is 14.8. The van der Waals surface area contributed by atoms with Crippen molar-refractivity contribution in [2.75, 3.05) is 14.2 Å². The molecule has 1 aromatic heterocycles. The Balaban J connectivity index is 1.59. The van der Waals surface area contributed by atoms with Gasteiger partial charge in [-0.15, -0.1) is 0 Å². The summed E-state index contributed by atoms with van der Waals surface area (Å²) in [5.74, 6) is 1.36. The van der Waals surface area contributed by atoms with Gasteiger partial charge in [0.05, 0.1) is 19.7 Å². The predicted molar refractivity (Wildman–Crippen MR) is 104 cm³/mol. The second-order valence-electron chi connectivity index (χ2n) is 6.20. The molecule has 3 aromatic rings. The van der Waals surface area contributed by atoms with Gasteiger partial charge in [-0.1, -0.05) is 12.1 Å². The van der Waals surface area contributed by atoms with Crippen LogP contribution in [0.25, 0.3) is 10.9 Å². The molecule has 0 unspecified atom stereocenters. The smallest absolute Gasteiger partial charge is 0.251 e. The summed E-state index contributed by atoms with van der Waals surface area (Å²) in [6.45, 7) is 0.441. The molecule has 0 spiro atoms. The van der Waals surface area contributed by atoms with E-state index in [2.05, 4.69) is 10.3 Å². The molecule has 0 bridgehead atoms. The molecule has 2 N–H and O–H groups in total. The zero-order valence-corrected chi connectivity index (χ0v) is 15.4. The first-order valence-corrected chi connectivity index (χ1v) is 8.68. The number of hydrogen-bond donors (Lipinski definition) is 2. The van der Waals surface area contributed by atoms with Crippen molar-refractivity contribution in [1.82, 2.24) is 10.3 Å². The Kier molecular flexibility index (Phi) is 5.76. The first kappa shape index (κ1) is 18.5. The average Bonchev–Trinajstić information content (AvgIpc) is 2.70. The fourth-order valence-electron chi connectivity index (χ4n) is 2.82. The number of amides is 1. The maximum atomic E-state index is 12.2. The quantitative estimate of drug-likeness (QED) is 0.674. The van der Waals surface area contributed by atoms with Crippen LogP contribution < -0.4 is 20.3 Å². The molecule has 1 heterocycles. The number of methoxy groups -OCH3 is 2. The van der Waals surface area contributed by atoms with Crippen LogP contribution in [0.1, 0.15) is 17.5 Å². The van der Waals surface area contributed by atoms with Crippen LogP contribution >= 0.6 is 0 Å². The van der Waals surface area contributed by atoms with Gasteiger partial charge in [-0.3, -0.25) is 9.59 Å². The first-order valence-electron chi connectivity index (χ1n) is 8.68. The standard InChI is InChI=1S/C21H22N2O4/c1-26-17-7-3-14(4-8-17)13-22-20(24)10-6-16-11-15-5-9-18(27-2)12-19(15)23-21(16)25/h3-5,7-9,11-12H,6,10,13H2,1-2H3,(H,22,24)(H,23,25). The van der Waals surface area contributed by atoms with Gasteiger partial charge in [-0.25, -0.2) is 0 Å².